The molecular formula is C23H29O6P. The van der Waals surface area contributed by atoms with Gasteiger partial charge in [0.05, 0.1) is 6.61 Å². The monoisotopic (exact) mass is 432 g/mol. The summed E-state index contributed by atoms with van der Waals surface area (Å²) in [5.74, 6) is 0.316. The molecule has 7 heteroatoms. The van der Waals surface area contributed by atoms with E-state index in [4.69, 9.17) is 13.6 Å². The van der Waals surface area contributed by atoms with Crippen molar-refractivity contribution in [3.8, 4) is 11.5 Å². The number of hydrogen-bond acceptors (Lipinski definition) is 6. The molecule has 0 aliphatic rings. The maximum absolute atomic E-state index is 13.6. The molecule has 2 atom stereocenters. The summed E-state index contributed by atoms with van der Waals surface area (Å²) in [4.78, 5) is 0. The number of phosphoric ester groups is 1. The molecule has 2 unspecified atom stereocenters. The van der Waals surface area contributed by atoms with E-state index in [1.165, 1.54) is 12.2 Å². The van der Waals surface area contributed by atoms with Gasteiger partial charge < -0.3 is 19.3 Å². The van der Waals surface area contributed by atoms with E-state index < -0.39 is 20.0 Å². The van der Waals surface area contributed by atoms with Gasteiger partial charge in [-0.25, -0.2) is 4.57 Å². The zero-order chi connectivity index (χ0) is 22.0. The van der Waals surface area contributed by atoms with Crippen molar-refractivity contribution in [3.63, 3.8) is 0 Å². The molecule has 0 heterocycles. The van der Waals surface area contributed by atoms with E-state index in [2.05, 4.69) is 13.2 Å². The van der Waals surface area contributed by atoms with Gasteiger partial charge in [-0.2, -0.15) is 0 Å². The Labute approximate surface area is 178 Å². The van der Waals surface area contributed by atoms with E-state index >= 15 is 0 Å². The lowest BCUT2D eigenvalue weighted by molar-refractivity contribution is 0.194. The molecule has 0 bridgehead atoms. The van der Waals surface area contributed by atoms with E-state index in [1.807, 2.05) is 6.92 Å². The molecule has 30 heavy (non-hydrogen) atoms. The van der Waals surface area contributed by atoms with E-state index in [-0.39, 0.29) is 18.1 Å². The zero-order valence-electron chi connectivity index (χ0n) is 17.1. The van der Waals surface area contributed by atoms with Gasteiger partial charge >= 0.3 is 7.82 Å². The van der Waals surface area contributed by atoms with Crippen molar-refractivity contribution in [1.82, 2.24) is 0 Å². The smallest absolute Gasteiger partial charge is 0.395 e. The largest absolute Gasteiger partial charge is 0.587 e. The Kier molecular flexibility index (Phi) is 9.34. The molecule has 2 rings (SSSR count). The highest BCUT2D eigenvalue weighted by Crippen LogP contribution is 2.52. The summed E-state index contributed by atoms with van der Waals surface area (Å²) in [7, 11) is -4.15. The van der Waals surface area contributed by atoms with Crippen molar-refractivity contribution in [2.24, 2.45) is 0 Å². The fourth-order valence-corrected chi connectivity index (χ4v) is 4.02. The van der Waals surface area contributed by atoms with Gasteiger partial charge in [-0.05, 0) is 18.6 Å². The zero-order valence-corrected chi connectivity index (χ0v) is 18.0. The number of benzene rings is 2. The number of phosphoric acid groups is 1. The lowest BCUT2D eigenvalue weighted by atomic mass is 10.1. The summed E-state index contributed by atoms with van der Waals surface area (Å²) < 4.78 is 30.5. The van der Waals surface area contributed by atoms with Crippen molar-refractivity contribution in [2.75, 3.05) is 6.61 Å². The molecule has 0 aliphatic carbocycles. The van der Waals surface area contributed by atoms with Crippen molar-refractivity contribution in [1.29, 1.82) is 0 Å². The highest BCUT2D eigenvalue weighted by molar-refractivity contribution is 7.49. The third-order valence-corrected chi connectivity index (χ3v) is 5.68. The minimum absolute atomic E-state index is 0.158. The molecule has 162 valence electrons. The van der Waals surface area contributed by atoms with Crippen LogP contribution in [0.4, 0.5) is 0 Å². The molecule has 6 nitrogen and oxygen atoms in total. The van der Waals surface area contributed by atoms with Crippen LogP contribution in [-0.4, -0.2) is 16.8 Å². The van der Waals surface area contributed by atoms with Crippen LogP contribution in [0, 0.1) is 0 Å². The van der Waals surface area contributed by atoms with Gasteiger partial charge in [-0.1, -0.05) is 68.3 Å². The highest BCUT2D eigenvalue weighted by Gasteiger charge is 2.33. The Balaban J connectivity index is 2.37. The average molecular weight is 432 g/mol. The number of unbranched alkanes of at least 4 members (excludes halogenated alkanes) is 2. The molecule has 0 fully saturated rings. The summed E-state index contributed by atoms with van der Waals surface area (Å²) in [6, 6.07) is 13.2. The van der Waals surface area contributed by atoms with Gasteiger partial charge in [0.1, 0.15) is 23.7 Å². The van der Waals surface area contributed by atoms with Crippen molar-refractivity contribution < 1.29 is 28.3 Å². The topological polar surface area (TPSA) is 85.2 Å². The van der Waals surface area contributed by atoms with E-state index in [9.17, 15) is 14.8 Å². The first-order chi connectivity index (χ1) is 14.4. The molecule has 0 aromatic heterocycles. The maximum Gasteiger partial charge on any atom is 0.587 e. The summed E-state index contributed by atoms with van der Waals surface area (Å²) in [6.07, 6.45) is 3.21. The van der Waals surface area contributed by atoms with Crippen LogP contribution >= 0.6 is 7.82 Å². The van der Waals surface area contributed by atoms with Crippen LogP contribution in [0.15, 0.2) is 73.8 Å². The lowest BCUT2D eigenvalue weighted by Crippen LogP contribution is -2.09. The van der Waals surface area contributed by atoms with Crippen LogP contribution in [0.2, 0.25) is 0 Å². The van der Waals surface area contributed by atoms with Crippen LogP contribution in [0.5, 0.6) is 11.5 Å². The molecular weight excluding hydrogens is 403 g/mol. The Morgan fingerprint density at radius 3 is 1.80 bits per heavy atom. The van der Waals surface area contributed by atoms with E-state index in [0.29, 0.717) is 17.5 Å². The normalized spacial score (nSPS) is 14.9. The fourth-order valence-electron chi connectivity index (χ4n) is 2.71. The lowest BCUT2D eigenvalue weighted by Gasteiger charge is -2.23. The summed E-state index contributed by atoms with van der Waals surface area (Å²) >= 11 is 0. The van der Waals surface area contributed by atoms with Gasteiger partial charge in [-0.3, -0.25) is 4.52 Å². The Morgan fingerprint density at radius 1 is 0.900 bits per heavy atom. The highest BCUT2D eigenvalue weighted by atomic mass is 31.2. The second kappa shape index (κ2) is 11.7. The molecule has 0 saturated heterocycles. The third kappa shape index (κ3) is 6.57. The quantitative estimate of drug-likeness (QED) is 0.233. The van der Waals surface area contributed by atoms with Crippen LogP contribution in [0.1, 0.15) is 49.5 Å². The Bertz CT molecular complexity index is 818. The molecule has 0 radical (unpaired) electrons. The first-order valence-corrected chi connectivity index (χ1v) is 11.3. The van der Waals surface area contributed by atoms with Crippen molar-refractivity contribution in [3.05, 3.63) is 85.0 Å². The first-order valence-electron chi connectivity index (χ1n) is 9.87. The Hall–Kier alpha value is -2.37. The number of hydrogen-bond donors (Lipinski definition) is 2. The molecule has 2 aromatic rings. The number of rotatable bonds is 13. The third-order valence-electron chi connectivity index (χ3n) is 4.34. The van der Waals surface area contributed by atoms with E-state index in [0.717, 1.165) is 12.8 Å². The Morgan fingerprint density at radius 2 is 1.37 bits per heavy atom. The molecule has 2 N–H and O–H groups in total. The molecule has 0 amide bonds. The van der Waals surface area contributed by atoms with Crippen molar-refractivity contribution in [2.45, 2.75) is 38.4 Å². The van der Waals surface area contributed by atoms with Crippen LogP contribution in [0.25, 0.3) is 0 Å². The second-order valence-electron chi connectivity index (χ2n) is 6.61. The van der Waals surface area contributed by atoms with Crippen molar-refractivity contribution >= 4 is 7.82 Å². The van der Waals surface area contributed by atoms with Gasteiger partial charge in [0, 0.05) is 11.1 Å². The second-order valence-corrected chi connectivity index (χ2v) is 8.12. The molecule has 0 saturated carbocycles. The van der Waals surface area contributed by atoms with Crippen LogP contribution in [-0.2, 0) is 9.09 Å². The average Bonchev–Trinajstić information content (AvgIpc) is 2.76. The number of aliphatic hydroxyl groups is 2. The van der Waals surface area contributed by atoms with E-state index in [1.54, 1.807) is 48.5 Å². The first kappa shape index (κ1) is 23.9. The van der Waals surface area contributed by atoms with Gasteiger partial charge in [0.25, 0.3) is 0 Å². The fraction of sp³-hybridized carbons (Fsp3) is 0.304. The van der Waals surface area contributed by atoms with Gasteiger partial charge in [-0.15, -0.1) is 13.2 Å². The maximum atomic E-state index is 13.6. The molecule has 0 aliphatic heterocycles. The minimum Gasteiger partial charge on any atom is -0.395 e. The summed E-state index contributed by atoms with van der Waals surface area (Å²) in [5, 5.41) is 20.4. The molecule has 2 aromatic carbocycles. The summed E-state index contributed by atoms with van der Waals surface area (Å²) in [5.41, 5.74) is 0.765. The predicted octanol–water partition coefficient (Wildman–Crippen LogP) is 5.90. The SMILES string of the molecule is C=CC(O)c1ccccc1OP(=O)(OCCCCC)Oc1ccccc1C(O)C=C. The predicted molar refractivity (Wildman–Crippen MR) is 118 cm³/mol. The van der Waals surface area contributed by atoms with Gasteiger partial charge in [0.15, 0.2) is 0 Å². The minimum atomic E-state index is -4.15. The van der Waals surface area contributed by atoms with Crippen LogP contribution < -0.4 is 9.05 Å². The number of aliphatic hydroxyl groups excluding tert-OH is 2. The summed E-state index contributed by atoms with van der Waals surface area (Å²) in [6.45, 7) is 9.38. The standard InChI is InChI=1S/C23H29O6P/c1-4-7-12-17-27-30(26,28-22-15-10-8-13-18(22)20(24)5-2)29-23-16-11-9-14-19(23)21(25)6-3/h5-6,8-11,13-16,20-21,24-25H,2-4,7,12,17H2,1H3. The number of para-hydroxylation sites is 2. The van der Waals surface area contributed by atoms with Gasteiger partial charge in [0.2, 0.25) is 0 Å². The van der Waals surface area contributed by atoms with Crippen LogP contribution in [0.3, 0.4) is 0 Å². The molecule has 0 spiro atoms.